The lowest BCUT2D eigenvalue weighted by Gasteiger charge is -2.33. The van der Waals surface area contributed by atoms with Crippen molar-refractivity contribution in [1.82, 2.24) is 4.90 Å². The van der Waals surface area contributed by atoms with Gasteiger partial charge >= 0.3 is 0 Å². The van der Waals surface area contributed by atoms with Crippen LogP contribution in [0.1, 0.15) is 31.2 Å². The van der Waals surface area contributed by atoms with E-state index in [2.05, 4.69) is 17.0 Å². The molecule has 0 bridgehead atoms. The van der Waals surface area contributed by atoms with Gasteiger partial charge in [-0.3, -0.25) is 4.90 Å². The van der Waals surface area contributed by atoms with Crippen molar-refractivity contribution in [1.29, 1.82) is 0 Å². The molecule has 2 nitrogen and oxygen atoms in total. The van der Waals surface area contributed by atoms with Gasteiger partial charge in [0.1, 0.15) is 0 Å². The molecular weight excluding hydrogens is 294 g/mol. The highest BCUT2D eigenvalue weighted by Crippen LogP contribution is 2.37. The van der Waals surface area contributed by atoms with Crippen LogP contribution in [0.3, 0.4) is 0 Å². The van der Waals surface area contributed by atoms with Gasteiger partial charge in [0.05, 0.1) is 0 Å². The van der Waals surface area contributed by atoms with Crippen molar-refractivity contribution < 1.29 is 8.78 Å². The second-order valence-electron chi connectivity index (χ2n) is 5.83. The molecule has 0 radical (unpaired) electrons. The molecule has 1 fully saturated rings. The van der Waals surface area contributed by atoms with Crippen LogP contribution in [-0.4, -0.2) is 30.5 Å². The molecule has 0 amide bonds. The lowest BCUT2D eigenvalue weighted by atomic mass is 9.86. The quantitative estimate of drug-likeness (QED) is 0.866. The fourth-order valence-electron chi connectivity index (χ4n) is 3.06. The van der Waals surface area contributed by atoms with E-state index in [0.29, 0.717) is 13.0 Å². The molecule has 1 unspecified atom stereocenters. The van der Waals surface area contributed by atoms with Gasteiger partial charge in [0.25, 0.3) is 0 Å². The summed E-state index contributed by atoms with van der Waals surface area (Å²) in [6.07, 6.45) is 1.63. The molecule has 0 spiro atoms. The number of benzene rings is 1. The van der Waals surface area contributed by atoms with Crippen LogP contribution in [-0.2, 0) is 6.54 Å². The third-order valence-corrected chi connectivity index (χ3v) is 3.95. The lowest BCUT2D eigenvalue weighted by Crippen LogP contribution is -2.37. The SMILES string of the molecule is Cl.NCCN(Cc1ccccc1)CC1CCCC(F)(F)C1. The minimum atomic E-state index is -2.47. The molecule has 1 aromatic carbocycles. The molecule has 2 N–H and O–H groups in total. The first-order valence-electron chi connectivity index (χ1n) is 7.43. The minimum Gasteiger partial charge on any atom is -0.329 e. The van der Waals surface area contributed by atoms with Crippen molar-refractivity contribution in [2.75, 3.05) is 19.6 Å². The maximum atomic E-state index is 13.5. The minimum absolute atomic E-state index is 0. The molecule has 21 heavy (non-hydrogen) atoms. The lowest BCUT2D eigenvalue weighted by molar-refractivity contribution is -0.0571. The van der Waals surface area contributed by atoms with E-state index >= 15 is 0 Å². The highest BCUT2D eigenvalue weighted by molar-refractivity contribution is 5.85. The number of rotatable bonds is 6. The van der Waals surface area contributed by atoms with Crippen LogP contribution < -0.4 is 5.73 Å². The molecule has 0 heterocycles. The summed E-state index contributed by atoms with van der Waals surface area (Å²) >= 11 is 0. The monoisotopic (exact) mass is 318 g/mol. The number of hydrogen-bond acceptors (Lipinski definition) is 2. The van der Waals surface area contributed by atoms with Gasteiger partial charge in [0.2, 0.25) is 5.92 Å². The van der Waals surface area contributed by atoms with Crippen molar-refractivity contribution in [2.45, 2.75) is 38.2 Å². The maximum absolute atomic E-state index is 13.5. The van der Waals surface area contributed by atoms with Gasteiger partial charge in [0.15, 0.2) is 0 Å². The Bertz CT molecular complexity index is 401. The second-order valence-corrected chi connectivity index (χ2v) is 5.83. The van der Waals surface area contributed by atoms with E-state index in [1.807, 2.05) is 18.2 Å². The third kappa shape index (κ3) is 6.29. The highest BCUT2D eigenvalue weighted by atomic mass is 35.5. The number of nitrogens with two attached hydrogens (primary N) is 1. The zero-order chi connectivity index (χ0) is 14.4. The van der Waals surface area contributed by atoms with E-state index in [4.69, 9.17) is 5.73 Å². The first kappa shape index (κ1) is 18.3. The number of alkyl halides is 2. The molecule has 1 atom stereocenters. The van der Waals surface area contributed by atoms with Crippen LogP contribution in [0.4, 0.5) is 8.78 Å². The summed E-state index contributed by atoms with van der Waals surface area (Å²) in [5, 5.41) is 0. The molecule has 1 aliphatic rings. The van der Waals surface area contributed by atoms with Crippen molar-refractivity contribution in [3.63, 3.8) is 0 Å². The molecule has 1 aromatic rings. The molecule has 5 heteroatoms. The highest BCUT2D eigenvalue weighted by Gasteiger charge is 2.36. The average molecular weight is 319 g/mol. The topological polar surface area (TPSA) is 29.3 Å². The summed E-state index contributed by atoms with van der Waals surface area (Å²) in [6.45, 7) is 2.84. The van der Waals surface area contributed by atoms with E-state index in [9.17, 15) is 8.78 Å². The van der Waals surface area contributed by atoms with Crippen LogP contribution in [0.5, 0.6) is 0 Å². The van der Waals surface area contributed by atoms with E-state index in [1.165, 1.54) is 5.56 Å². The van der Waals surface area contributed by atoms with Crippen molar-refractivity contribution >= 4 is 12.4 Å². The van der Waals surface area contributed by atoms with Crippen LogP contribution in [0.15, 0.2) is 30.3 Å². The summed E-state index contributed by atoms with van der Waals surface area (Å²) in [5.74, 6) is -2.38. The molecule has 1 aliphatic carbocycles. The maximum Gasteiger partial charge on any atom is 0.248 e. The van der Waals surface area contributed by atoms with Gasteiger partial charge < -0.3 is 5.73 Å². The van der Waals surface area contributed by atoms with E-state index in [-0.39, 0.29) is 31.2 Å². The predicted molar refractivity (Wildman–Crippen MR) is 84.9 cm³/mol. The van der Waals surface area contributed by atoms with E-state index in [0.717, 1.165) is 26.1 Å². The zero-order valence-corrected chi connectivity index (χ0v) is 13.1. The van der Waals surface area contributed by atoms with Gasteiger partial charge in [-0.05, 0) is 24.3 Å². The molecule has 0 saturated heterocycles. The van der Waals surface area contributed by atoms with Gasteiger partial charge in [-0.1, -0.05) is 30.3 Å². The number of halogens is 3. The van der Waals surface area contributed by atoms with Crippen LogP contribution in [0.2, 0.25) is 0 Å². The Morgan fingerprint density at radius 3 is 2.57 bits per heavy atom. The Morgan fingerprint density at radius 2 is 1.95 bits per heavy atom. The second kappa shape index (κ2) is 8.66. The molecule has 120 valence electrons. The third-order valence-electron chi connectivity index (χ3n) is 3.95. The summed E-state index contributed by atoms with van der Waals surface area (Å²) < 4.78 is 26.9. The van der Waals surface area contributed by atoms with Crippen LogP contribution >= 0.6 is 12.4 Å². The largest absolute Gasteiger partial charge is 0.329 e. The Hall–Kier alpha value is -0.710. The Balaban J connectivity index is 0.00000220. The van der Waals surface area contributed by atoms with Crippen molar-refractivity contribution in [3.8, 4) is 0 Å². The first-order chi connectivity index (χ1) is 9.59. The molecule has 0 aromatic heterocycles. The molecular formula is C16H25ClF2N2. The number of hydrogen-bond donors (Lipinski definition) is 1. The van der Waals surface area contributed by atoms with Gasteiger partial charge in [-0.2, -0.15) is 0 Å². The Morgan fingerprint density at radius 1 is 1.24 bits per heavy atom. The summed E-state index contributed by atoms with van der Waals surface area (Å²) in [6, 6.07) is 10.1. The van der Waals surface area contributed by atoms with Crippen LogP contribution in [0.25, 0.3) is 0 Å². The van der Waals surface area contributed by atoms with Crippen molar-refractivity contribution in [2.24, 2.45) is 11.7 Å². The van der Waals surface area contributed by atoms with E-state index in [1.54, 1.807) is 0 Å². The van der Waals surface area contributed by atoms with E-state index < -0.39 is 5.92 Å². The Kier molecular flexibility index (Phi) is 7.57. The average Bonchev–Trinajstić information content (AvgIpc) is 2.39. The predicted octanol–water partition coefficient (Wildman–Crippen LogP) is 3.69. The number of nitrogens with zero attached hydrogens (tertiary/aromatic N) is 1. The normalized spacial score (nSPS) is 21.0. The molecule has 2 rings (SSSR count). The Labute approximate surface area is 132 Å². The summed E-state index contributed by atoms with van der Waals surface area (Å²) in [4.78, 5) is 2.21. The summed E-state index contributed by atoms with van der Waals surface area (Å²) in [5.41, 5.74) is 6.86. The van der Waals surface area contributed by atoms with Crippen molar-refractivity contribution in [3.05, 3.63) is 35.9 Å². The fourth-order valence-corrected chi connectivity index (χ4v) is 3.06. The fraction of sp³-hybridized carbons (Fsp3) is 0.625. The molecule has 0 aliphatic heterocycles. The summed E-state index contributed by atoms with van der Waals surface area (Å²) in [7, 11) is 0. The first-order valence-corrected chi connectivity index (χ1v) is 7.43. The van der Waals surface area contributed by atoms with Gasteiger partial charge in [0, 0.05) is 39.0 Å². The van der Waals surface area contributed by atoms with Gasteiger partial charge in [-0.15, -0.1) is 12.4 Å². The zero-order valence-electron chi connectivity index (χ0n) is 12.3. The smallest absolute Gasteiger partial charge is 0.248 e. The standard InChI is InChI=1S/C16H24F2N2.ClH/c17-16(18)8-4-7-15(11-16)13-20(10-9-19)12-14-5-2-1-3-6-14;/h1-3,5-6,15H,4,7-13,19H2;1H. The van der Waals surface area contributed by atoms with Gasteiger partial charge in [-0.25, -0.2) is 8.78 Å². The molecule has 1 saturated carbocycles. The van der Waals surface area contributed by atoms with Crippen LogP contribution in [0, 0.1) is 5.92 Å².